The molecular weight excluding hydrogens is 270 g/mol. The Morgan fingerprint density at radius 3 is 2.62 bits per heavy atom. The molecule has 0 aliphatic rings. The van der Waals surface area contributed by atoms with Crippen LogP contribution in [0.4, 0.5) is 0 Å². The summed E-state index contributed by atoms with van der Waals surface area (Å²) in [4.78, 5) is 26.6. The van der Waals surface area contributed by atoms with E-state index in [-0.39, 0.29) is 12.2 Å². The summed E-state index contributed by atoms with van der Waals surface area (Å²) in [5.41, 5.74) is 1.73. The Hall–Kier alpha value is -2.56. The van der Waals surface area contributed by atoms with Crippen molar-refractivity contribution < 1.29 is 14.3 Å². The molecule has 1 aromatic heterocycles. The van der Waals surface area contributed by atoms with Crippen molar-refractivity contribution in [1.29, 1.82) is 0 Å². The minimum atomic E-state index is -0.466. The highest BCUT2D eigenvalue weighted by atomic mass is 16.5. The van der Waals surface area contributed by atoms with Gasteiger partial charge in [0.05, 0.1) is 19.3 Å². The van der Waals surface area contributed by atoms with Gasteiger partial charge in [0, 0.05) is 22.9 Å². The van der Waals surface area contributed by atoms with E-state index < -0.39 is 5.97 Å². The van der Waals surface area contributed by atoms with Crippen molar-refractivity contribution in [3.05, 3.63) is 51.9 Å². The number of para-hydroxylation sites is 1. The van der Waals surface area contributed by atoms with Crippen LogP contribution in [0, 0.1) is 6.92 Å². The van der Waals surface area contributed by atoms with Crippen molar-refractivity contribution in [3.63, 3.8) is 0 Å². The fourth-order valence-electron chi connectivity index (χ4n) is 2.23. The van der Waals surface area contributed by atoms with Crippen LogP contribution in [0.15, 0.2) is 35.1 Å². The Bertz CT molecular complexity index is 718. The molecule has 0 fully saturated rings. The van der Waals surface area contributed by atoms with Gasteiger partial charge in [-0.1, -0.05) is 18.2 Å². The Balaban J connectivity index is 2.72. The third-order valence-electron chi connectivity index (χ3n) is 3.11. The van der Waals surface area contributed by atoms with E-state index >= 15 is 0 Å². The van der Waals surface area contributed by atoms with E-state index in [2.05, 4.69) is 4.98 Å². The maximum Gasteiger partial charge on any atom is 0.340 e. The lowest BCUT2D eigenvalue weighted by Crippen LogP contribution is -2.16. The number of hydrogen-bond acceptors (Lipinski definition) is 4. The monoisotopic (exact) mass is 287 g/mol. The van der Waals surface area contributed by atoms with Gasteiger partial charge in [0.2, 0.25) is 5.56 Å². The normalized spacial score (nSPS) is 10.2. The molecule has 110 valence electrons. The molecule has 0 aliphatic heterocycles. The molecule has 5 nitrogen and oxygen atoms in total. The lowest BCUT2D eigenvalue weighted by Gasteiger charge is -2.13. The van der Waals surface area contributed by atoms with Crippen LogP contribution in [-0.2, 0) is 4.74 Å². The number of aromatic amines is 1. The van der Waals surface area contributed by atoms with Crippen molar-refractivity contribution in [2.45, 2.75) is 13.8 Å². The number of esters is 1. The number of benzene rings is 1. The largest absolute Gasteiger partial charge is 0.496 e. The van der Waals surface area contributed by atoms with Crippen molar-refractivity contribution >= 4 is 5.97 Å². The molecule has 2 rings (SSSR count). The van der Waals surface area contributed by atoms with Crippen LogP contribution < -0.4 is 10.3 Å². The zero-order valence-corrected chi connectivity index (χ0v) is 12.2. The summed E-state index contributed by atoms with van der Waals surface area (Å²) in [5.74, 6) is 0.125. The highest BCUT2D eigenvalue weighted by Gasteiger charge is 2.20. The van der Waals surface area contributed by atoms with E-state index in [0.717, 1.165) is 0 Å². The van der Waals surface area contributed by atoms with Gasteiger partial charge < -0.3 is 14.5 Å². The molecule has 0 atom stereocenters. The molecule has 1 heterocycles. The van der Waals surface area contributed by atoms with E-state index in [1.165, 1.54) is 6.07 Å². The van der Waals surface area contributed by atoms with Crippen LogP contribution >= 0.6 is 0 Å². The van der Waals surface area contributed by atoms with E-state index in [1.807, 2.05) is 12.1 Å². The second kappa shape index (κ2) is 6.26. The molecule has 1 N–H and O–H groups in total. The van der Waals surface area contributed by atoms with Crippen LogP contribution in [0.25, 0.3) is 11.1 Å². The van der Waals surface area contributed by atoms with Gasteiger partial charge in [-0.15, -0.1) is 0 Å². The number of carbonyl (C=O) groups excluding carboxylic acids is 1. The van der Waals surface area contributed by atoms with Gasteiger partial charge in [0.1, 0.15) is 5.75 Å². The molecular formula is C16H17NO4. The summed E-state index contributed by atoms with van der Waals surface area (Å²) in [6, 6.07) is 8.61. The van der Waals surface area contributed by atoms with Gasteiger partial charge in [-0.3, -0.25) is 4.79 Å². The van der Waals surface area contributed by atoms with Crippen molar-refractivity contribution in [2.75, 3.05) is 13.7 Å². The first-order valence-electron chi connectivity index (χ1n) is 6.63. The number of nitrogens with one attached hydrogen (secondary N) is 1. The number of ether oxygens (including phenoxy) is 2. The molecule has 0 bridgehead atoms. The van der Waals surface area contributed by atoms with Gasteiger partial charge in [0.25, 0.3) is 0 Å². The highest BCUT2D eigenvalue weighted by Crippen LogP contribution is 2.32. The summed E-state index contributed by atoms with van der Waals surface area (Å²) in [5, 5.41) is 0. The molecule has 0 saturated heterocycles. The first kappa shape index (κ1) is 14.8. The fourth-order valence-corrected chi connectivity index (χ4v) is 2.23. The molecule has 0 radical (unpaired) electrons. The number of pyridine rings is 1. The maximum atomic E-state index is 12.2. The standard InChI is InChI=1S/C16H17NO4/c1-4-21-16(19)15-10(2)17-14(18)9-12(15)11-7-5-6-8-13(11)20-3/h5-9H,4H2,1-3H3,(H,17,18). The van der Waals surface area contributed by atoms with Crippen LogP contribution in [-0.4, -0.2) is 24.7 Å². The number of aromatic nitrogens is 1. The van der Waals surface area contributed by atoms with E-state index in [1.54, 1.807) is 33.1 Å². The van der Waals surface area contributed by atoms with Gasteiger partial charge >= 0.3 is 5.97 Å². The molecule has 0 unspecified atom stereocenters. The molecule has 0 saturated carbocycles. The summed E-state index contributed by atoms with van der Waals surface area (Å²) < 4.78 is 10.4. The van der Waals surface area contributed by atoms with Gasteiger partial charge in [-0.2, -0.15) is 0 Å². The molecule has 0 amide bonds. The predicted molar refractivity (Wildman–Crippen MR) is 79.7 cm³/mol. The minimum absolute atomic E-state index is 0.267. The summed E-state index contributed by atoms with van der Waals surface area (Å²) in [7, 11) is 1.54. The Morgan fingerprint density at radius 1 is 1.24 bits per heavy atom. The molecule has 1 aromatic carbocycles. The van der Waals surface area contributed by atoms with Gasteiger partial charge in [-0.25, -0.2) is 4.79 Å². The lowest BCUT2D eigenvalue weighted by molar-refractivity contribution is 0.0526. The van der Waals surface area contributed by atoms with Gasteiger partial charge in [0.15, 0.2) is 0 Å². The van der Waals surface area contributed by atoms with Crippen molar-refractivity contribution in [2.24, 2.45) is 0 Å². The lowest BCUT2D eigenvalue weighted by atomic mass is 9.98. The van der Waals surface area contributed by atoms with Crippen LogP contribution in [0.5, 0.6) is 5.75 Å². The van der Waals surface area contributed by atoms with Crippen molar-refractivity contribution in [1.82, 2.24) is 4.98 Å². The Labute approximate surface area is 122 Å². The Morgan fingerprint density at radius 2 is 1.95 bits per heavy atom. The molecule has 0 spiro atoms. The number of H-pyrrole nitrogens is 1. The molecule has 21 heavy (non-hydrogen) atoms. The average Bonchev–Trinajstić information content (AvgIpc) is 2.46. The number of hydrogen-bond donors (Lipinski definition) is 1. The first-order chi connectivity index (χ1) is 10.1. The summed E-state index contributed by atoms with van der Waals surface area (Å²) >= 11 is 0. The van der Waals surface area contributed by atoms with Gasteiger partial charge in [-0.05, 0) is 19.9 Å². The smallest absolute Gasteiger partial charge is 0.340 e. The number of rotatable bonds is 4. The third kappa shape index (κ3) is 2.97. The predicted octanol–water partition coefficient (Wildman–Crippen LogP) is 2.54. The zero-order chi connectivity index (χ0) is 15.4. The molecule has 5 heteroatoms. The average molecular weight is 287 g/mol. The van der Waals surface area contributed by atoms with Crippen LogP contribution in [0.2, 0.25) is 0 Å². The third-order valence-corrected chi connectivity index (χ3v) is 3.11. The highest BCUT2D eigenvalue weighted by molar-refractivity contribution is 5.99. The second-order valence-electron chi connectivity index (χ2n) is 4.47. The molecule has 0 aliphatic carbocycles. The second-order valence-corrected chi connectivity index (χ2v) is 4.47. The quantitative estimate of drug-likeness (QED) is 0.877. The topological polar surface area (TPSA) is 68.4 Å². The van der Waals surface area contributed by atoms with E-state index in [0.29, 0.717) is 28.1 Å². The number of carbonyl (C=O) groups is 1. The van der Waals surface area contributed by atoms with E-state index in [9.17, 15) is 9.59 Å². The maximum absolute atomic E-state index is 12.2. The minimum Gasteiger partial charge on any atom is -0.496 e. The summed E-state index contributed by atoms with van der Waals surface area (Å²) in [6.07, 6.45) is 0. The first-order valence-corrected chi connectivity index (χ1v) is 6.63. The molecule has 2 aromatic rings. The Kier molecular flexibility index (Phi) is 4.42. The number of methoxy groups -OCH3 is 1. The zero-order valence-electron chi connectivity index (χ0n) is 12.2. The van der Waals surface area contributed by atoms with E-state index in [4.69, 9.17) is 9.47 Å². The number of aryl methyl sites for hydroxylation is 1. The van der Waals surface area contributed by atoms with Crippen LogP contribution in [0.3, 0.4) is 0 Å². The van der Waals surface area contributed by atoms with Crippen molar-refractivity contribution in [3.8, 4) is 16.9 Å². The van der Waals surface area contributed by atoms with Crippen LogP contribution in [0.1, 0.15) is 23.0 Å². The summed E-state index contributed by atoms with van der Waals surface area (Å²) in [6.45, 7) is 3.68. The fraction of sp³-hybridized carbons (Fsp3) is 0.250. The SMILES string of the molecule is CCOC(=O)c1c(-c2ccccc2OC)cc(=O)[nH]c1C.